The van der Waals surface area contributed by atoms with Crippen molar-refractivity contribution in [1.82, 2.24) is 4.98 Å². The van der Waals surface area contributed by atoms with Crippen LogP contribution in [0.4, 0.5) is 13.2 Å². The number of hydrogen-bond acceptors (Lipinski definition) is 3. The summed E-state index contributed by atoms with van der Waals surface area (Å²) in [6, 6.07) is 5.25. The molecule has 0 radical (unpaired) electrons. The van der Waals surface area contributed by atoms with E-state index >= 15 is 0 Å². The number of aryl methyl sites for hydroxylation is 1. The maximum atomic E-state index is 12.7. The van der Waals surface area contributed by atoms with E-state index in [2.05, 4.69) is 4.98 Å². The molecule has 0 atom stereocenters. The van der Waals surface area contributed by atoms with Gasteiger partial charge in [-0.15, -0.1) is 11.3 Å². The number of aromatic nitrogens is 1. The first-order valence-electron chi connectivity index (χ1n) is 6.61. The van der Waals surface area contributed by atoms with E-state index in [0.29, 0.717) is 29.1 Å². The van der Waals surface area contributed by atoms with Crippen molar-refractivity contribution in [3.8, 4) is 0 Å². The zero-order valence-electron chi connectivity index (χ0n) is 11.0. The summed E-state index contributed by atoms with van der Waals surface area (Å²) in [4.78, 5) is 17.0. The van der Waals surface area contributed by atoms with Gasteiger partial charge >= 0.3 is 6.18 Å². The van der Waals surface area contributed by atoms with Gasteiger partial charge in [0.15, 0.2) is 5.78 Å². The third kappa shape index (κ3) is 3.00. The van der Waals surface area contributed by atoms with Gasteiger partial charge in [-0.3, -0.25) is 4.79 Å². The molecule has 1 aromatic heterocycles. The zero-order chi connectivity index (χ0) is 15.0. The number of alkyl halides is 3. The Kier molecular flexibility index (Phi) is 3.57. The van der Waals surface area contributed by atoms with E-state index in [1.807, 2.05) is 0 Å². The minimum absolute atomic E-state index is 0.0443. The SMILES string of the molecule is O=C1CCCc2sc(Cc3cccc(C(F)(F)F)c3)nc21. The lowest BCUT2D eigenvalue weighted by molar-refractivity contribution is -0.137. The maximum absolute atomic E-state index is 12.7. The van der Waals surface area contributed by atoms with Crippen LogP contribution in [0.25, 0.3) is 0 Å². The molecule has 21 heavy (non-hydrogen) atoms. The van der Waals surface area contributed by atoms with Crippen molar-refractivity contribution >= 4 is 17.1 Å². The molecular weight excluding hydrogens is 299 g/mol. The molecule has 110 valence electrons. The molecule has 2 nitrogen and oxygen atoms in total. The van der Waals surface area contributed by atoms with E-state index in [9.17, 15) is 18.0 Å². The van der Waals surface area contributed by atoms with Gasteiger partial charge in [-0.05, 0) is 24.5 Å². The lowest BCUT2D eigenvalue weighted by Gasteiger charge is -2.07. The fourth-order valence-corrected chi connectivity index (χ4v) is 3.59. The number of halogens is 3. The van der Waals surface area contributed by atoms with E-state index in [1.54, 1.807) is 6.07 Å². The van der Waals surface area contributed by atoms with Gasteiger partial charge in [-0.2, -0.15) is 13.2 Å². The van der Waals surface area contributed by atoms with E-state index in [1.165, 1.54) is 17.4 Å². The standard InChI is InChI=1S/C15H12F3NOS/c16-15(17,18)10-4-1-3-9(7-10)8-13-19-14-11(20)5-2-6-12(14)21-13/h1,3-4,7H,2,5-6,8H2. The number of carbonyl (C=O) groups is 1. The molecule has 6 heteroatoms. The molecule has 0 spiro atoms. The van der Waals surface area contributed by atoms with Crippen LogP contribution in [-0.4, -0.2) is 10.8 Å². The summed E-state index contributed by atoms with van der Waals surface area (Å²) in [6.45, 7) is 0. The van der Waals surface area contributed by atoms with Crippen LogP contribution in [0.5, 0.6) is 0 Å². The lowest BCUT2D eigenvalue weighted by Crippen LogP contribution is -2.09. The third-order valence-electron chi connectivity index (χ3n) is 3.42. The predicted molar refractivity (Wildman–Crippen MR) is 73.6 cm³/mol. The quantitative estimate of drug-likeness (QED) is 0.829. The minimum atomic E-state index is -4.34. The number of thiazole rings is 1. The Bertz CT molecular complexity index is 690. The number of carbonyl (C=O) groups excluding carboxylic acids is 1. The molecular formula is C15H12F3NOS. The molecule has 0 unspecified atom stereocenters. The highest BCUT2D eigenvalue weighted by molar-refractivity contribution is 7.12. The van der Waals surface area contributed by atoms with Crippen molar-refractivity contribution in [3.05, 3.63) is 51.0 Å². The smallest absolute Gasteiger partial charge is 0.292 e. The van der Waals surface area contributed by atoms with Gasteiger partial charge in [0.25, 0.3) is 0 Å². The van der Waals surface area contributed by atoms with Gasteiger partial charge in [0.05, 0.1) is 10.6 Å². The minimum Gasteiger partial charge on any atom is -0.292 e. The Morgan fingerprint density at radius 3 is 2.76 bits per heavy atom. The maximum Gasteiger partial charge on any atom is 0.416 e. The Morgan fingerprint density at radius 1 is 1.24 bits per heavy atom. The summed E-state index contributed by atoms with van der Waals surface area (Å²) in [5.41, 5.74) is 0.425. The normalized spacial score (nSPS) is 15.1. The second kappa shape index (κ2) is 5.26. The number of rotatable bonds is 2. The summed E-state index contributed by atoms with van der Waals surface area (Å²) in [5.74, 6) is 0.0443. The van der Waals surface area contributed by atoms with Crippen molar-refractivity contribution in [1.29, 1.82) is 0 Å². The molecule has 0 N–H and O–H groups in total. The number of ketones is 1. The zero-order valence-corrected chi connectivity index (χ0v) is 11.9. The fraction of sp³-hybridized carbons (Fsp3) is 0.333. The molecule has 0 amide bonds. The Labute approximate surface area is 123 Å². The van der Waals surface area contributed by atoms with Crippen molar-refractivity contribution in [2.45, 2.75) is 31.9 Å². The first-order valence-corrected chi connectivity index (χ1v) is 7.43. The van der Waals surface area contributed by atoms with Crippen LogP contribution in [-0.2, 0) is 19.0 Å². The predicted octanol–water partition coefficient (Wildman–Crippen LogP) is 4.27. The van der Waals surface area contributed by atoms with E-state index in [4.69, 9.17) is 0 Å². The molecule has 3 rings (SSSR count). The molecule has 0 saturated carbocycles. The van der Waals surface area contributed by atoms with Gasteiger partial charge < -0.3 is 0 Å². The van der Waals surface area contributed by atoms with Crippen molar-refractivity contribution in [2.24, 2.45) is 0 Å². The Morgan fingerprint density at radius 2 is 2.05 bits per heavy atom. The molecule has 0 fully saturated rings. The summed E-state index contributed by atoms with van der Waals surface area (Å²) < 4.78 is 38.1. The van der Waals surface area contributed by atoms with Crippen LogP contribution in [0.3, 0.4) is 0 Å². The van der Waals surface area contributed by atoms with Crippen LogP contribution < -0.4 is 0 Å². The molecule has 1 aromatic carbocycles. The van der Waals surface area contributed by atoms with E-state index in [0.717, 1.165) is 29.9 Å². The van der Waals surface area contributed by atoms with Gasteiger partial charge in [0.2, 0.25) is 0 Å². The molecule has 0 aliphatic heterocycles. The molecule has 1 heterocycles. The highest BCUT2D eigenvalue weighted by Gasteiger charge is 2.30. The van der Waals surface area contributed by atoms with Crippen LogP contribution in [0.15, 0.2) is 24.3 Å². The van der Waals surface area contributed by atoms with Crippen LogP contribution in [0, 0.1) is 0 Å². The first kappa shape index (κ1) is 14.3. The Balaban J connectivity index is 1.86. The van der Waals surface area contributed by atoms with Crippen molar-refractivity contribution < 1.29 is 18.0 Å². The van der Waals surface area contributed by atoms with Gasteiger partial charge in [0, 0.05) is 17.7 Å². The number of Topliss-reactive ketones (excluding diaryl/α,β-unsaturated/α-hetero) is 1. The van der Waals surface area contributed by atoms with Crippen molar-refractivity contribution in [2.75, 3.05) is 0 Å². The van der Waals surface area contributed by atoms with Gasteiger partial charge in [0.1, 0.15) is 5.69 Å². The average molecular weight is 311 g/mol. The average Bonchev–Trinajstić information content (AvgIpc) is 2.82. The van der Waals surface area contributed by atoms with Gasteiger partial charge in [-0.25, -0.2) is 4.98 Å². The number of nitrogens with zero attached hydrogens (tertiary/aromatic N) is 1. The number of fused-ring (bicyclic) bond motifs is 1. The monoisotopic (exact) mass is 311 g/mol. The van der Waals surface area contributed by atoms with Crippen LogP contribution in [0.1, 0.15) is 44.3 Å². The summed E-state index contributed by atoms with van der Waals surface area (Å²) in [5, 5.41) is 0.703. The second-order valence-electron chi connectivity index (χ2n) is 5.03. The number of hydrogen-bond donors (Lipinski definition) is 0. The van der Waals surface area contributed by atoms with Crippen LogP contribution in [0.2, 0.25) is 0 Å². The fourth-order valence-electron chi connectivity index (χ4n) is 2.42. The molecule has 1 aliphatic carbocycles. The molecule has 0 saturated heterocycles. The first-order chi connectivity index (χ1) is 9.93. The highest BCUT2D eigenvalue weighted by atomic mass is 32.1. The Hall–Kier alpha value is -1.69. The summed E-state index contributed by atoms with van der Waals surface area (Å²) >= 11 is 1.43. The largest absolute Gasteiger partial charge is 0.416 e. The van der Waals surface area contributed by atoms with Crippen LogP contribution >= 0.6 is 11.3 Å². The lowest BCUT2D eigenvalue weighted by atomic mass is 10.0. The molecule has 1 aliphatic rings. The summed E-state index contributed by atoms with van der Waals surface area (Å²) in [6.07, 6.45) is -1.83. The summed E-state index contributed by atoms with van der Waals surface area (Å²) in [7, 11) is 0. The van der Waals surface area contributed by atoms with Crippen molar-refractivity contribution in [3.63, 3.8) is 0 Å². The van der Waals surface area contributed by atoms with Gasteiger partial charge in [-0.1, -0.05) is 18.2 Å². The highest BCUT2D eigenvalue weighted by Crippen LogP contribution is 2.31. The van der Waals surface area contributed by atoms with E-state index in [-0.39, 0.29) is 5.78 Å². The molecule has 2 aromatic rings. The van der Waals surface area contributed by atoms with E-state index < -0.39 is 11.7 Å². The second-order valence-corrected chi connectivity index (χ2v) is 6.20. The molecule has 0 bridgehead atoms. The topological polar surface area (TPSA) is 30.0 Å². The third-order valence-corrected chi connectivity index (χ3v) is 4.54. The number of benzene rings is 1.